The molecule has 1 aromatic carbocycles. The van der Waals surface area contributed by atoms with Crippen molar-refractivity contribution in [3.63, 3.8) is 0 Å². The van der Waals surface area contributed by atoms with Crippen LogP contribution in [0.25, 0.3) is 11.4 Å². The van der Waals surface area contributed by atoms with Gasteiger partial charge in [0.2, 0.25) is 0 Å². The second kappa shape index (κ2) is 5.26. The van der Waals surface area contributed by atoms with Gasteiger partial charge in [0.1, 0.15) is 0 Å². The highest BCUT2D eigenvalue weighted by atomic mass is 79.9. The number of aryl methyl sites for hydroxylation is 2. The molecule has 0 amide bonds. The van der Waals surface area contributed by atoms with Gasteiger partial charge in [-0.3, -0.25) is 4.79 Å². The van der Waals surface area contributed by atoms with Gasteiger partial charge in [-0.05, 0) is 41.1 Å². The van der Waals surface area contributed by atoms with Gasteiger partial charge in [0.25, 0.3) is 0 Å². The van der Waals surface area contributed by atoms with E-state index in [2.05, 4.69) is 31.5 Å². The monoisotopic (exact) mass is 310 g/mol. The van der Waals surface area contributed by atoms with Crippen LogP contribution >= 0.6 is 15.9 Å². The second-order valence-electron chi connectivity index (χ2n) is 3.83. The van der Waals surface area contributed by atoms with E-state index in [1.54, 1.807) is 0 Å². The maximum Gasteiger partial charge on any atom is 0.305 e. The Balaban J connectivity index is 2.33. The van der Waals surface area contributed by atoms with Gasteiger partial charge in [0, 0.05) is 10.0 Å². The first-order chi connectivity index (χ1) is 8.58. The van der Waals surface area contributed by atoms with Gasteiger partial charge in [-0.15, -0.1) is 5.10 Å². The zero-order valence-electron chi connectivity index (χ0n) is 9.67. The lowest BCUT2D eigenvalue weighted by Crippen LogP contribution is -2.08. The first-order valence-electron chi connectivity index (χ1n) is 5.32. The molecule has 1 aromatic heterocycles. The predicted molar refractivity (Wildman–Crippen MR) is 67.9 cm³/mol. The predicted octanol–water partition coefficient (Wildman–Crippen LogP) is 1.89. The molecule has 0 aliphatic rings. The summed E-state index contributed by atoms with van der Waals surface area (Å²) in [4.78, 5) is 10.6. The minimum Gasteiger partial charge on any atom is -0.481 e. The molecule has 0 saturated heterocycles. The summed E-state index contributed by atoms with van der Waals surface area (Å²) in [5, 5.41) is 20.0. The smallest absolute Gasteiger partial charge is 0.305 e. The van der Waals surface area contributed by atoms with Crippen molar-refractivity contribution in [2.45, 2.75) is 19.9 Å². The molecule has 6 nitrogen and oxygen atoms in total. The number of hydrogen-bond donors (Lipinski definition) is 1. The number of nitrogens with zero attached hydrogens (tertiary/aromatic N) is 4. The number of aliphatic carboxylic acids is 1. The zero-order valence-corrected chi connectivity index (χ0v) is 11.3. The summed E-state index contributed by atoms with van der Waals surface area (Å²) in [6.45, 7) is 2.21. The van der Waals surface area contributed by atoms with E-state index in [1.165, 1.54) is 4.68 Å². The Labute approximate surface area is 112 Å². The van der Waals surface area contributed by atoms with Gasteiger partial charge in [-0.25, -0.2) is 4.68 Å². The van der Waals surface area contributed by atoms with E-state index in [0.717, 1.165) is 15.6 Å². The van der Waals surface area contributed by atoms with Crippen LogP contribution in [0.2, 0.25) is 0 Å². The van der Waals surface area contributed by atoms with E-state index in [1.807, 2.05) is 25.1 Å². The lowest BCUT2D eigenvalue weighted by Gasteiger charge is -2.06. The molecule has 0 saturated carbocycles. The average molecular weight is 311 g/mol. The molecular weight excluding hydrogens is 300 g/mol. The lowest BCUT2D eigenvalue weighted by atomic mass is 10.1. The Bertz CT molecular complexity index is 582. The number of carbonyl (C=O) groups is 1. The normalized spacial score (nSPS) is 10.6. The van der Waals surface area contributed by atoms with Gasteiger partial charge in [-0.1, -0.05) is 15.9 Å². The average Bonchev–Trinajstić information content (AvgIpc) is 2.74. The van der Waals surface area contributed by atoms with Crippen LogP contribution in [0.5, 0.6) is 0 Å². The molecule has 1 heterocycles. The molecule has 1 N–H and O–H groups in total. The van der Waals surface area contributed by atoms with Crippen LogP contribution in [-0.4, -0.2) is 31.3 Å². The van der Waals surface area contributed by atoms with E-state index in [-0.39, 0.29) is 13.0 Å². The Morgan fingerprint density at radius 1 is 1.50 bits per heavy atom. The number of rotatable bonds is 4. The summed E-state index contributed by atoms with van der Waals surface area (Å²) >= 11 is 3.39. The number of carboxylic acid groups (broad SMARTS) is 1. The summed E-state index contributed by atoms with van der Waals surface area (Å²) in [6, 6.07) is 5.77. The third kappa shape index (κ3) is 2.73. The number of hydrogen-bond acceptors (Lipinski definition) is 4. The first-order valence-corrected chi connectivity index (χ1v) is 6.11. The molecule has 18 heavy (non-hydrogen) atoms. The van der Waals surface area contributed by atoms with Gasteiger partial charge in [0.15, 0.2) is 5.82 Å². The van der Waals surface area contributed by atoms with Gasteiger partial charge < -0.3 is 5.11 Å². The van der Waals surface area contributed by atoms with Crippen molar-refractivity contribution < 1.29 is 9.90 Å². The Morgan fingerprint density at radius 2 is 2.28 bits per heavy atom. The van der Waals surface area contributed by atoms with Crippen LogP contribution in [0.4, 0.5) is 0 Å². The highest BCUT2D eigenvalue weighted by Crippen LogP contribution is 2.24. The molecule has 2 aromatic rings. The van der Waals surface area contributed by atoms with E-state index in [4.69, 9.17) is 5.11 Å². The molecule has 0 spiro atoms. The van der Waals surface area contributed by atoms with Crippen LogP contribution < -0.4 is 0 Å². The van der Waals surface area contributed by atoms with Crippen molar-refractivity contribution in [3.05, 3.63) is 28.2 Å². The number of aromatic nitrogens is 4. The molecule has 7 heteroatoms. The Hall–Kier alpha value is -1.76. The number of tetrazole rings is 1. The summed E-state index contributed by atoms with van der Waals surface area (Å²) in [6.07, 6.45) is -0.00633. The highest BCUT2D eigenvalue weighted by molar-refractivity contribution is 9.10. The molecule has 0 radical (unpaired) electrons. The van der Waals surface area contributed by atoms with Crippen LogP contribution in [0, 0.1) is 6.92 Å². The first kappa shape index (κ1) is 12.7. The second-order valence-corrected chi connectivity index (χ2v) is 4.74. The van der Waals surface area contributed by atoms with Crippen molar-refractivity contribution in [2.75, 3.05) is 0 Å². The fourth-order valence-corrected chi connectivity index (χ4v) is 2.10. The molecule has 0 aliphatic carbocycles. The van der Waals surface area contributed by atoms with Crippen molar-refractivity contribution in [2.24, 2.45) is 0 Å². The van der Waals surface area contributed by atoms with E-state index in [9.17, 15) is 4.79 Å². The number of halogens is 1. The summed E-state index contributed by atoms with van der Waals surface area (Å²) in [5.41, 5.74) is 1.92. The summed E-state index contributed by atoms with van der Waals surface area (Å²) < 4.78 is 2.48. The Kier molecular flexibility index (Phi) is 3.71. The molecule has 2 rings (SSSR count). The standard InChI is InChI=1S/C11H11BrN4O2/c1-7-6-8(12)2-3-9(7)11-13-14-15-16(11)5-4-10(17)18/h2-3,6H,4-5H2,1H3,(H,17,18). The summed E-state index contributed by atoms with van der Waals surface area (Å²) in [7, 11) is 0. The number of carboxylic acids is 1. The van der Waals surface area contributed by atoms with E-state index in [0.29, 0.717) is 5.82 Å². The van der Waals surface area contributed by atoms with Crippen LogP contribution in [0.3, 0.4) is 0 Å². The van der Waals surface area contributed by atoms with E-state index >= 15 is 0 Å². The largest absolute Gasteiger partial charge is 0.481 e. The van der Waals surface area contributed by atoms with Gasteiger partial charge >= 0.3 is 5.97 Å². The molecule has 0 bridgehead atoms. The molecular formula is C11H11BrN4O2. The van der Waals surface area contributed by atoms with Crippen LogP contribution in [0.1, 0.15) is 12.0 Å². The molecule has 0 fully saturated rings. The Morgan fingerprint density at radius 3 is 2.94 bits per heavy atom. The minimum absolute atomic E-state index is 0.00633. The SMILES string of the molecule is Cc1cc(Br)ccc1-c1nnnn1CCC(=O)O. The molecule has 94 valence electrons. The third-order valence-electron chi connectivity index (χ3n) is 2.50. The lowest BCUT2D eigenvalue weighted by molar-refractivity contribution is -0.137. The van der Waals surface area contributed by atoms with Gasteiger partial charge in [0.05, 0.1) is 13.0 Å². The third-order valence-corrected chi connectivity index (χ3v) is 2.99. The van der Waals surface area contributed by atoms with Crippen LogP contribution in [0.15, 0.2) is 22.7 Å². The maximum atomic E-state index is 10.6. The maximum absolute atomic E-state index is 10.6. The fraction of sp³-hybridized carbons (Fsp3) is 0.273. The molecule has 0 atom stereocenters. The number of benzene rings is 1. The van der Waals surface area contributed by atoms with Crippen molar-refractivity contribution in [3.8, 4) is 11.4 Å². The minimum atomic E-state index is -0.871. The van der Waals surface area contributed by atoms with E-state index < -0.39 is 5.97 Å². The summed E-state index contributed by atoms with van der Waals surface area (Å²) in [5.74, 6) is -0.287. The van der Waals surface area contributed by atoms with Gasteiger partial charge in [-0.2, -0.15) is 0 Å². The molecule has 0 unspecified atom stereocenters. The van der Waals surface area contributed by atoms with Crippen LogP contribution in [-0.2, 0) is 11.3 Å². The molecule has 0 aliphatic heterocycles. The topological polar surface area (TPSA) is 80.9 Å². The van der Waals surface area contributed by atoms with Crippen molar-refractivity contribution in [1.29, 1.82) is 0 Å². The highest BCUT2D eigenvalue weighted by Gasteiger charge is 2.12. The fourth-order valence-electron chi connectivity index (χ4n) is 1.63. The quantitative estimate of drug-likeness (QED) is 0.932. The van der Waals surface area contributed by atoms with Crippen molar-refractivity contribution in [1.82, 2.24) is 20.2 Å². The zero-order chi connectivity index (χ0) is 13.1. The van der Waals surface area contributed by atoms with Crippen molar-refractivity contribution >= 4 is 21.9 Å².